The largest absolute Gasteiger partial charge is 0.390 e. The second kappa shape index (κ2) is 8.53. The van der Waals surface area contributed by atoms with E-state index >= 15 is 0 Å². The normalized spacial score (nSPS) is 43.4. The average molecular weight is 401 g/mol. The van der Waals surface area contributed by atoms with Crippen LogP contribution in [0.1, 0.15) is 78.6 Å². The average Bonchev–Trinajstić information content (AvgIpc) is 3.19. The van der Waals surface area contributed by atoms with Gasteiger partial charge >= 0.3 is 0 Å². The molecule has 8 atom stereocenters. The van der Waals surface area contributed by atoms with Crippen molar-refractivity contribution in [3.63, 3.8) is 0 Å². The minimum Gasteiger partial charge on any atom is -0.390 e. The SMILES string of the molecule is CC1CCC(C(=O)Cn2cccn2)CCCC2C1CCC1CC(C)(O)C(C)CC12. The Bertz CT molecular complexity index is 683. The maximum atomic E-state index is 12.9. The van der Waals surface area contributed by atoms with Gasteiger partial charge in [-0.25, -0.2) is 0 Å². The lowest BCUT2D eigenvalue weighted by molar-refractivity contribution is -0.124. The first-order valence-corrected chi connectivity index (χ1v) is 12.1. The summed E-state index contributed by atoms with van der Waals surface area (Å²) in [5.74, 6) is 4.75. The highest BCUT2D eigenvalue weighted by atomic mass is 16.3. The number of aromatic nitrogens is 2. The molecule has 162 valence electrons. The zero-order chi connectivity index (χ0) is 20.6. The van der Waals surface area contributed by atoms with Gasteiger partial charge in [-0.15, -0.1) is 0 Å². The van der Waals surface area contributed by atoms with E-state index in [9.17, 15) is 9.90 Å². The standard InChI is InChI=1S/C25H40N2O2/c1-17-8-9-19(24(28)16-27-13-5-12-26-27)6-4-7-22-21(17)11-10-20-15-25(3,29)18(2)14-23(20)22/h5,12-13,17-23,29H,4,6-11,14-16H2,1-3H3. The van der Waals surface area contributed by atoms with Crippen LogP contribution in [0, 0.1) is 41.4 Å². The summed E-state index contributed by atoms with van der Waals surface area (Å²) in [7, 11) is 0. The van der Waals surface area contributed by atoms with Gasteiger partial charge < -0.3 is 5.11 Å². The first-order valence-electron chi connectivity index (χ1n) is 12.1. The molecule has 1 aromatic rings. The molecular weight excluding hydrogens is 360 g/mol. The quantitative estimate of drug-likeness (QED) is 0.767. The molecule has 1 heterocycles. The minimum absolute atomic E-state index is 0.198. The molecule has 0 amide bonds. The van der Waals surface area contributed by atoms with Crippen molar-refractivity contribution in [3.8, 4) is 0 Å². The van der Waals surface area contributed by atoms with Crippen LogP contribution in [0.3, 0.4) is 0 Å². The molecule has 3 aliphatic carbocycles. The molecule has 0 radical (unpaired) electrons. The Hall–Kier alpha value is -1.16. The van der Waals surface area contributed by atoms with Gasteiger partial charge in [0.2, 0.25) is 0 Å². The molecule has 4 nitrogen and oxygen atoms in total. The fourth-order valence-corrected chi connectivity index (χ4v) is 7.08. The predicted octanol–water partition coefficient (Wildman–Crippen LogP) is 5.11. The van der Waals surface area contributed by atoms with Crippen molar-refractivity contribution >= 4 is 5.78 Å². The molecule has 0 bridgehead atoms. The van der Waals surface area contributed by atoms with Crippen molar-refractivity contribution < 1.29 is 9.90 Å². The molecule has 3 saturated carbocycles. The van der Waals surface area contributed by atoms with E-state index in [2.05, 4.69) is 25.9 Å². The van der Waals surface area contributed by atoms with Crippen LogP contribution in [-0.2, 0) is 11.3 Å². The number of nitrogens with zero attached hydrogens (tertiary/aromatic N) is 2. The number of hydrogen-bond donors (Lipinski definition) is 1. The molecular formula is C25H40N2O2. The Labute approximate surface area is 176 Å². The lowest BCUT2D eigenvalue weighted by Gasteiger charge is -2.53. The van der Waals surface area contributed by atoms with Gasteiger partial charge in [0, 0.05) is 18.3 Å². The number of hydrogen-bond acceptors (Lipinski definition) is 3. The van der Waals surface area contributed by atoms with Gasteiger partial charge in [-0.1, -0.05) is 20.3 Å². The third-order valence-corrected chi connectivity index (χ3v) is 9.06. The van der Waals surface area contributed by atoms with Crippen molar-refractivity contribution in [2.75, 3.05) is 0 Å². The molecule has 0 aromatic carbocycles. The van der Waals surface area contributed by atoms with Crippen LogP contribution in [0.5, 0.6) is 0 Å². The molecule has 3 fully saturated rings. The monoisotopic (exact) mass is 400 g/mol. The van der Waals surface area contributed by atoms with Crippen LogP contribution < -0.4 is 0 Å². The Balaban J connectivity index is 1.44. The predicted molar refractivity (Wildman–Crippen MR) is 115 cm³/mol. The summed E-state index contributed by atoms with van der Waals surface area (Å²) in [6, 6.07) is 1.89. The number of rotatable bonds is 3. The van der Waals surface area contributed by atoms with Crippen molar-refractivity contribution in [3.05, 3.63) is 18.5 Å². The highest BCUT2D eigenvalue weighted by Crippen LogP contribution is 2.54. The fraction of sp³-hybridized carbons (Fsp3) is 0.840. The van der Waals surface area contributed by atoms with Crippen molar-refractivity contribution in [2.24, 2.45) is 41.4 Å². The number of Topliss-reactive ketones (excluding diaryl/α,β-unsaturated/α-hetero) is 1. The van der Waals surface area contributed by atoms with Crippen molar-refractivity contribution in [1.82, 2.24) is 9.78 Å². The molecule has 0 spiro atoms. The summed E-state index contributed by atoms with van der Waals surface area (Å²) in [6.07, 6.45) is 14.2. The maximum absolute atomic E-state index is 12.9. The molecule has 4 rings (SSSR count). The van der Waals surface area contributed by atoms with Gasteiger partial charge in [0.05, 0.1) is 12.1 Å². The van der Waals surface area contributed by atoms with Gasteiger partial charge in [0.15, 0.2) is 5.78 Å². The molecule has 0 aliphatic heterocycles. The fourth-order valence-electron chi connectivity index (χ4n) is 7.08. The van der Waals surface area contributed by atoms with Gasteiger partial charge in [-0.2, -0.15) is 5.10 Å². The highest BCUT2D eigenvalue weighted by molar-refractivity contribution is 5.80. The Morgan fingerprint density at radius 2 is 1.93 bits per heavy atom. The molecule has 3 aliphatic rings. The summed E-state index contributed by atoms with van der Waals surface area (Å²) < 4.78 is 1.78. The van der Waals surface area contributed by atoms with E-state index in [1.165, 1.54) is 38.5 Å². The van der Waals surface area contributed by atoms with E-state index in [0.717, 1.165) is 37.0 Å². The van der Waals surface area contributed by atoms with E-state index in [1.54, 1.807) is 10.9 Å². The second-order valence-corrected chi connectivity index (χ2v) is 10.9. The lowest BCUT2D eigenvalue weighted by atomic mass is 9.54. The van der Waals surface area contributed by atoms with Crippen molar-refractivity contribution in [2.45, 2.75) is 90.7 Å². The van der Waals surface area contributed by atoms with E-state index in [1.807, 2.05) is 12.3 Å². The van der Waals surface area contributed by atoms with Gasteiger partial charge in [-0.3, -0.25) is 9.48 Å². The van der Waals surface area contributed by atoms with E-state index in [4.69, 9.17) is 0 Å². The first kappa shape index (κ1) is 21.1. The third kappa shape index (κ3) is 4.47. The van der Waals surface area contributed by atoms with Gasteiger partial charge in [0.1, 0.15) is 0 Å². The van der Waals surface area contributed by atoms with E-state index in [-0.39, 0.29) is 5.92 Å². The topological polar surface area (TPSA) is 55.1 Å². The van der Waals surface area contributed by atoms with Crippen LogP contribution in [0.2, 0.25) is 0 Å². The summed E-state index contributed by atoms with van der Waals surface area (Å²) >= 11 is 0. The number of carbonyl (C=O) groups excluding carboxylic acids is 1. The summed E-state index contributed by atoms with van der Waals surface area (Å²) in [6.45, 7) is 7.18. The zero-order valence-electron chi connectivity index (χ0n) is 18.6. The summed E-state index contributed by atoms with van der Waals surface area (Å²) in [5, 5.41) is 15.1. The summed E-state index contributed by atoms with van der Waals surface area (Å²) in [4.78, 5) is 12.9. The molecule has 0 saturated heterocycles. The Morgan fingerprint density at radius 1 is 1.10 bits per heavy atom. The number of carbonyl (C=O) groups is 1. The molecule has 1 aromatic heterocycles. The van der Waals surface area contributed by atoms with Crippen LogP contribution in [0.15, 0.2) is 18.5 Å². The molecule has 4 heteroatoms. The van der Waals surface area contributed by atoms with Crippen LogP contribution in [0.25, 0.3) is 0 Å². The second-order valence-electron chi connectivity index (χ2n) is 10.9. The smallest absolute Gasteiger partial charge is 0.157 e. The van der Waals surface area contributed by atoms with Crippen LogP contribution in [0.4, 0.5) is 0 Å². The minimum atomic E-state index is -0.484. The Morgan fingerprint density at radius 3 is 2.69 bits per heavy atom. The Kier molecular flexibility index (Phi) is 6.20. The number of fused-ring (bicyclic) bond motifs is 3. The highest BCUT2D eigenvalue weighted by Gasteiger charge is 2.48. The van der Waals surface area contributed by atoms with Crippen LogP contribution in [-0.4, -0.2) is 26.3 Å². The molecule has 29 heavy (non-hydrogen) atoms. The van der Waals surface area contributed by atoms with E-state index < -0.39 is 5.60 Å². The molecule has 1 N–H and O–H groups in total. The van der Waals surface area contributed by atoms with Crippen molar-refractivity contribution in [1.29, 1.82) is 0 Å². The molecule has 8 unspecified atom stereocenters. The third-order valence-electron chi connectivity index (χ3n) is 9.06. The van der Waals surface area contributed by atoms with E-state index in [0.29, 0.717) is 30.1 Å². The summed E-state index contributed by atoms with van der Waals surface area (Å²) in [5.41, 5.74) is -0.484. The maximum Gasteiger partial charge on any atom is 0.157 e. The number of aliphatic hydroxyl groups is 1. The van der Waals surface area contributed by atoms with Gasteiger partial charge in [0.25, 0.3) is 0 Å². The zero-order valence-corrected chi connectivity index (χ0v) is 18.6. The van der Waals surface area contributed by atoms with Crippen LogP contribution >= 0.6 is 0 Å². The number of ketones is 1. The first-order chi connectivity index (χ1) is 13.8. The van der Waals surface area contributed by atoms with Gasteiger partial charge in [-0.05, 0) is 99.9 Å². The lowest BCUT2D eigenvalue weighted by Crippen LogP contribution is -2.49.